The summed E-state index contributed by atoms with van der Waals surface area (Å²) >= 11 is 9.20. The minimum Gasteiger partial charge on any atom is -0.425 e. The Labute approximate surface area is 152 Å². The quantitative estimate of drug-likeness (QED) is 0.485. The molecule has 0 aliphatic rings. The maximum absolute atomic E-state index is 12.1. The van der Waals surface area contributed by atoms with Gasteiger partial charge in [-0.05, 0) is 60.0 Å². The molecule has 1 aromatic carbocycles. The van der Waals surface area contributed by atoms with Crippen LogP contribution in [-0.2, 0) is 11.2 Å². The van der Waals surface area contributed by atoms with Crippen LogP contribution in [0.4, 0.5) is 0 Å². The molecule has 0 amide bonds. The van der Waals surface area contributed by atoms with Gasteiger partial charge >= 0.3 is 5.97 Å². The molecule has 0 N–H and O–H groups in total. The Morgan fingerprint density at radius 1 is 1.38 bits per heavy atom. The third-order valence-electron chi connectivity index (χ3n) is 3.69. The predicted octanol–water partition coefficient (Wildman–Crippen LogP) is 3.70. The number of esters is 1. The minimum absolute atomic E-state index is 0.235. The van der Waals surface area contributed by atoms with Gasteiger partial charge in [-0.3, -0.25) is 4.79 Å². The fraction of sp³-hybridized carbons (Fsp3) is 0.250. The SMILES string of the molecule is Cc1nc2ncnn2c(C)c1CCC(=O)Oc1ccc(Cl)cc1Br. The zero-order valence-electron chi connectivity index (χ0n) is 13.1. The molecule has 2 aromatic heterocycles. The van der Waals surface area contributed by atoms with Crippen molar-refractivity contribution in [1.82, 2.24) is 19.6 Å². The highest BCUT2D eigenvalue weighted by atomic mass is 79.9. The van der Waals surface area contributed by atoms with Crippen molar-refractivity contribution in [2.45, 2.75) is 26.7 Å². The molecule has 2 heterocycles. The number of hydrogen-bond donors (Lipinski definition) is 0. The minimum atomic E-state index is -0.324. The van der Waals surface area contributed by atoms with E-state index in [2.05, 4.69) is 31.0 Å². The molecule has 3 aromatic rings. The van der Waals surface area contributed by atoms with E-state index in [1.165, 1.54) is 6.33 Å². The van der Waals surface area contributed by atoms with Gasteiger partial charge in [0.1, 0.15) is 12.1 Å². The molecule has 0 bridgehead atoms. The fourth-order valence-corrected chi connectivity index (χ4v) is 3.24. The maximum Gasteiger partial charge on any atom is 0.311 e. The van der Waals surface area contributed by atoms with Gasteiger partial charge in [0.15, 0.2) is 0 Å². The van der Waals surface area contributed by atoms with E-state index in [0.717, 1.165) is 17.0 Å². The molecule has 0 radical (unpaired) electrons. The molecule has 0 spiro atoms. The number of halogens is 2. The lowest BCUT2D eigenvalue weighted by molar-refractivity contribution is -0.134. The van der Waals surface area contributed by atoms with Gasteiger partial charge in [0.25, 0.3) is 5.78 Å². The molecular weight excluding hydrogens is 396 g/mol. The first-order valence-corrected chi connectivity index (χ1v) is 8.44. The first kappa shape index (κ1) is 16.9. The standard InChI is InChI=1S/C16H14BrClN4O2/c1-9-12(10(2)22-16(21-9)19-8-20-22)4-6-15(23)24-14-5-3-11(18)7-13(14)17/h3,5,7-8H,4,6H2,1-2H3. The van der Waals surface area contributed by atoms with Gasteiger partial charge in [0.05, 0.1) is 10.9 Å². The van der Waals surface area contributed by atoms with E-state index in [-0.39, 0.29) is 12.4 Å². The average Bonchev–Trinajstić information content (AvgIpc) is 2.98. The van der Waals surface area contributed by atoms with Crippen molar-refractivity contribution in [3.05, 3.63) is 51.0 Å². The molecular formula is C16H14BrClN4O2. The van der Waals surface area contributed by atoms with Crippen LogP contribution in [0.2, 0.25) is 5.02 Å². The molecule has 8 heteroatoms. The Balaban J connectivity index is 1.72. The lowest BCUT2D eigenvalue weighted by Crippen LogP contribution is -2.12. The highest BCUT2D eigenvalue weighted by molar-refractivity contribution is 9.10. The first-order chi connectivity index (χ1) is 11.5. The topological polar surface area (TPSA) is 69.4 Å². The van der Waals surface area contributed by atoms with Crippen LogP contribution in [0.15, 0.2) is 29.0 Å². The largest absolute Gasteiger partial charge is 0.425 e. The molecule has 0 aliphatic carbocycles. The van der Waals surface area contributed by atoms with E-state index in [0.29, 0.717) is 27.4 Å². The average molecular weight is 410 g/mol. The molecule has 0 aliphatic heterocycles. The lowest BCUT2D eigenvalue weighted by Gasteiger charge is -2.10. The number of hydrogen-bond acceptors (Lipinski definition) is 5. The molecule has 3 rings (SSSR count). The van der Waals surface area contributed by atoms with Crippen LogP contribution >= 0.6 is 27.5 Å². The lowest BCUT2D eigenvalue weighted by atomic mass is 10.1. The fourth-order valence-electron chi connectivity index (χ4n) is 2.48. The van der Waals surface area contributed by atoms with Gasteiger partial charge in [-0.2, -0.15) is 10.1 Å². The van der Waals surface area contributed by atoms with Gasteiger partial charge < -0.3 is 4.74 Å². The second-order valence-electron chi connectivity index (χ2n) is 5.28. The summed E-state index contributed by atoms with van der Waals surface area (Å²) in [4.78, 5) is 20.6. The van der Waals surface area contributed by atoms with E-state index in [9.17, 15) is 4.79 Å². The van der Waals surface area contributed by atoms with Crippen LogP contribution in [0, 0.1) is 13.8 Å². The normalized spacial score (nSPS) is 11.0. The number of rotatable bonds is 4. The Morgan fingerprint density at radius 3 is 2.92 bits per heavy atom. The molecule has 0 saturated heterocycles. The zero-order valence-corrected chi connectivity index (χ0v) is 15.4. The molecule has 0 saturated carbocycles. The second kappa shape index (κ2) is 6.86. The van der Waals surface area contributed by atoms with Gasteiger partial charge in [-0.15, -0.1) is 0 Å². The summed E-state index contributed by atoms with van der Waals surface area (Å²) in [6.07, 6.45) is 2.22. The summed E-state index contributed by atoms with van der Waals surface area (Å²) in [6, 6.07) is 5.01. The summed E-state index contributed by atoms with van der Waals surface area (Å²) in [5.41, 5.74) is 2.74. The zero-order chi connectivity index (χ0) is 17.3. The van der Waals surface area contributed by atoms with Crippen LogP contribution in [0.3, 0.4) is 0 Å². The second-order valence-corrected chi connectivity index (χ2v) is 6.57. The first-order valence-electron chi connectivity index (χ1n) is 7.27. The van der Waals surface area contributed by atoms with E-state index >= 15 is 0 Å². The van der Waals surface area contributed by atoms with Crippen LogP contribution < -0.4 is 4.74 Å². The van der Waals surface area contributed by atoms with Crippen LogP contribution in [-0.4, -0.2) is 25.6 Å². The van der Waals surface area contributed by atoms with E-state index in [1.807, 2.05) is 13.8 Å². The number of carbonyl (C=O) groups is 1. The monoisotopic (exact) mass is 408 g/mol. The molecule has 0 fully saturated rings. The Morgan fingerprint density at radius 2 is 2.17 bits per heavy atom. The van der Waals surface area contributed by atoms with Crippen molar-refractivity contribution < 1.29 is 9.53 Å². The Bertz CT molecular complexity index is 926. The van der Waals surface area contributed by atoms with Crippen molar-refractivity contribution >= 4 is 39.3 Å². The Kier molecular flexibility index (Phi) is 4.82. The molecule has 24 heavy (non-hydrogen) atoms. The molecule has 124 valence electrons. The van der Waals surface area contributed by atoms with Gasteiger partial charge in [0.2, 0.25) is 0 Å². The summed E-state index contributed by atoms with van der Waals surface area (Å²) in [5.74, 6) is 0.680. The van der Waals surface area contributed by atoms with Gasteiger partial charge in [0, 0.05) is 16.4 Å². The van der Waals surface area contributed by atoms with Gasteiger partial charge in [-0.1, -0.05) is 11.6 Å². The van der Waals surface area contributed by atoms with E-state index in [4.69, 9.17) is 16.3 Å². The van der Waals surface area contributed by atoms with Crippen LogP contribution in [0.5, 0.6) is 5.75 Å². The number of fused-ring (bicyclic) bond motifs is 1. The van der Waals surface area contributed by atoms with Crippen molar-refractivity contribution in [2.75, 3.05) is 0 Å². The smallest absolute Gasteiger partial charge is 0.311 e. The number of ether oxygens (including phenoxy) is 1. The molecule has 0 unspecified atom stereocenters. The number of aryl methyl sites for hydroxylation is 2. The molecule has 0 atom stereocenters. The third-order valence-corrected chi connectivity index (χ3v) is 4.54. The van der Waals surface area contributed by atoms with Crippen molar-refractivity contribution in [3.63, 3.8) is 0 Å². The number of benzene rings is 1. The highest BCUT2D eigenvalue weighted by Gasteiger charge is 2.14. The van der Waals surface area contributed by atoms with Crippen molar-refractivity contribution in [2.24, 2.45) is 0 Å². The maximum atomic E-state index is 12.1. The van der Waals surface area contributed by atoms with E-state index < -0.39 is 0 Å². The van der Waals surface area contributed by atoms with Gasteiger partial charge in [-0.25, -0.2) is 9.50 Å². The van der Waals surface area contributed by atoms with E-state index in [1.54, 1.807) is 22.7 Å². The number of aromatic nitrogens is 4. The van der Waals surface area contributed by atoms with Crippen molar-refractivity contribution in [3.8, 4) is 5.75 Å². The molecule has 6 nitrogen and oxygen atoms in total. The van der Waals surface area contributed by atoms with Crippen LogP contribution in [0.25, 0.3) is 5.78 Å². The highest BCUT2D eigenvalue weighted by Crippen LogP contribution is 2.28. The third kappa shape index (κ3) is 3.42. The van der Waals surface area contributed by atoms with Crippen molar-refractivity contribution in [1.29, 1.82) is 0 Å². The summed E-state index contributed by atoms with van der Waals surface area (Å²) in [7, 11) is 0. The number of carbonyl (C=O) groups excluding carboxylic acids is 1. The predicted molar refractivity (Wildman–Crippen MR) is 93.4 cm³/mol. The Hall–Kier alpha value is -1.99. The summed E-state index contributed by atoms with van der Waals surface area (Å²) in [6.45, 7) is 3.84. The number of nitrogens with zero attached hydrogens (tertiary/aromatic N) is 4. The summed E-state index contributed by atoms with van der Waals surface area (Å²) in [5, 5.41) is 4.71. The summed E-state index contributed by atoms with van der Waals surface area (Å²) < 4.78 is 7.68. The van der Waals surface area contributed by atoms with Crippen LogP contribution in [0.1, 0.15) is 23.4 Å².